The zero-order chi connectivity index (χ0) is 13.6. The van der Waals surface area contributed by atoms with Gasteiger partial charge in [0.1, 0.15) is 17.0 Å². The van der Waals surface area contributed by atoms with Crippen LogP contribution in [0.15, 0.2) is 18.2 Å². The summed E-state index contributed by atoms with van der Waals surface area (Å²) >= 11 is 0. The molecule has 0 radical (unpaired) electrons. The Labute approximate surface area is 111 Å². The average Bonchev–Trinajstić information content (AvgIpc) is 3.18. The number of carbonyl (C=O) groups excluding carboxylic acids is 1. The second kappa shape index (κ2) is 3.98. The van der Waals surface area contributed by atoms with Crippen LogP contribution in [0.25, 0.3) is 11.0 Å². The van der Waals surface area contributed by atoms with Crippen molar-refractivity contribution >= 4 is 17.0 Å². The molecule has 1 aromatic carbocycles. The molecule has 1 aliphatic carbocycles. The van der Waals surface area contributed by atoms with Crippen LogP contribution >= 0.6 is 0 Å². The molecule has 0 unspecified atom stereocenters. The molecule has 1 aliphatic rings. The maximum Gasteiger partial charge on any atom is 0.319 e. The summed E-state index contributed by atoms with van der Waals surface area (Å²) in [4.78, 5) is 16.6. The number of aromatic nitrogens is 2. The van der Waals surface area contributed by atoms with Crippen LogP contribution in [0.2, 0.25) is 0 Å². The monoisotopic (exact) mass is 260 g/mol. The van der Waals surface area contributed by atoms with Gasteiger partial charge in [0.05, 0.1) is 25.3 Å². The minimum Gasteiger partial charge on any atom is -0.497 e. The van der Waals surface area contributed by atoms with E-state index in [1.807, 2.05) is 29.8 Å². The molecule has 1 heterocycles. The average molecular weight is 260 g/mol. The number of ether oxygens (including phenoxy) is 2. The van der Waals surface area contributed by atoms with Gasteiger partial charge in [-0.15, -0.1) is 0 Å². The summed E-state index contributed by atoms with van der Waals surface area (Å²) in [5, 5.41) is 0. The number of fused-ring (bicyclic) bond motifs is 1. The number of carbonyl (C=O) groups is 1. The fourth-order valence-electron chi connectivity index (χ4n) is 2.57. The second-order valence-corrected chi connectivity index (χ2v) is 4.92. The maximum absolute atomic E-state index is 11.9. The zero-order valence-corrected chi connectivity index (χ0v) is 11.3. The van der Waals surface area contributed by atoms with Crippen LogP contribution in [0.5, 0.6) is 5.75 Å². The largest absolute Gasteiger partial charge is 0.497 e. The SMILES string of the molecule is COC(=O)C1(c2nc3cc(OC)ccc3n2C)CC1. The Morgan fingerprint density at radius 3 is 2.68 bits per heavy atom. The molecule has 3 rings (SSSR count). The summed E-state index contributed by atoms with van der Waals surface area (Å²) in [5.41, 5.74) is 1.29. The molecular formula is C14H16N2O3. The van der Waals surface area contributed by atoms with Crippen LogP contribution < -0.4 is 4.74 Å². The number of rotatable bonds is 3. The van der Waals surface area contributed by atoms with E-state index in [0.717, 1.165) is 35.4 Å². The van der Waals surface area contributed by atoms with Gasteiger partial charge >= 0.3 is 5.97 Å². The third-order valence-electron chi connectivity index (χ3n) is 3.84. The smallest absolute Gasteiger partial charge is 0.319 e. The van der Waals surface area contributed by atoms with Gasteiger partial charge in [0.15, 0.2) is 0 Å². The van der Waals surface area contributed by atoms with Crippen LogP contribution in [0, 0.1) is 0 Å². The van der Waals surface area contributed by atoms with E-state index < -0.39 is 5.41 Å². The summed E-state index contributed by atoms with van der Waals surface area (Å²) in [6.45, 7) is 0. The predicted octanol–water partition coefficient (Wildman–Crippen LogP) is 1.79. The first-order chi connectivity index (χ1) is 9.12. The van der Waals surface area contributed by atoms with Crippen LogP contribution in [0.1, 0.15) is 18.7 Å². The van der Waals surface area contributed by atoms with E-state index in [9.17, 15) is 4.79 Å². The van der Waals surface area contributed by atoms with Crippen molar-refractivity contribution < 1.29 is 14.3 Å². The number of imidazole rings is 1. The molecule has 2 aromatic rings. The molecule has 0 saturated heterocycles. The number of aryl methyl sites for hydroxylation is 1. The molecular weight excluding hydrogens is 244 g/mol. The fraction of sp³-hybridized carbons (Fsp3) is 0.429. The molecule has 100 valence electrons. The standard InChI is InChI=1S/C14H16N2O3/c1-16-11-5-4-9(18-2)8-10(11)15-12(16)14(6-7-14)13(17)19-3/h4-5,8H,6-7H2,1-3H3. The molecule has 0 amide bonds. The molecule has 1 aromatic heterocycles. The first-order valence-electron chi connectivity index (χ1n) is 6.22. The zero-order valence-electron chi connectivity index (χ0n) is 11.3. The highest BCUT2D eigenvalue weighted by Crippen LogP contribution is 2.49. The highest BCUT2D eigenvalue weighted by Gasteiger charge is 2.55. The van der Waals surface area contributed by atoms with Crippen LogP contribution in [-0.4, -0.2) is 29.7 Å². The molecule has 5 heteroatoms. The minimum absolute atomic E-state index is 0.196. The molecule has 0 atom stereocenters. The van der Waals surface area contributed by atoms with Gasteiger partial charge in [-0.3, -0.25) is 4.79 Å². The molecule has 5 nitrogen and oxygen atoms in total. The lowest BCUT2D eigenvalue weighted by atomic mass is 10.1. The molecule has 0 bridgehead atoms. The molecule has 0 N–H and O–H groups in total. The number of hydrogen-bond donors (Lipinski definition) is 0. The van der Waals surface area contributed by atoms with Gasteiger partial charge in [-0.05, 0) is 25.0 Å². The van der Waals surface area contributed by atoms with Crippen LogP contribution in [0.4, 0.5) is 0 Å². The van der Waals surface area contributed by atoms with E-state index in [2.05, 4.69) is 4.98 Å². The fourth-order valence-corrected chi connectivity index (χ4v) is 2.57. The first kappa shape index (κ1) is 12.0. The van der Waals surface area contributed by atoms with Gasteiger partial charge in [0.2, 0.25) is 0 Å². The van der Waals surface area contributed by atoms with Crippen molar-refractivity contribution in [3.05, 3.63) is 24.0 Å². The Morgan fingerprint density at radius 1 is 1.37 bits per heavy atom. The number of nitrogens with zero attached hydrogens (tertiary/aromatic N) is 2. The van der Waals surface area contributed by atoms with Crippen molar-refractivity contribution in [3.8, 4) is 5.75 Å². The molecule has 19 heavy (non-hydrogen) atoms. The highest BCUT2D eigenvalue weighted by molar-refractivity contribution is 5.87. The second-order valence-electron chi connectivity index (χ2n) is 4.92. The van der Waals surface area contributed by atoms with E-state index in [1.165, 1.54) is 7.11 Å². The predicted molar refractivity (Wildman–Crippen MR) is 70.2 cm³/mol. The normalized spacial score (nSPS) is 16.4. The summed E-state index contributed by atoms with van der Waals surface area (Å²) in [6, 6.07) is 5.73. The third kappa shape index (κ3) is 1.61. The van der Waals surface area contributed by atoms with Crippen molar-refractivity contribution in [3.63, 3.8) is 0 Å². The lowest BCUT2D eigenvalue weighted by Gasteiger charge is -2.12. The lowest BCUT2D eigenvalue weighted by molar-refractivity contribution is -0.143. The Bertz CT molecular complexity index is 656. The number of benzene rings is 1. The first-order valence-corrected chi connectivity index (χ1v) is 6.22. The van der Waals surface area contributed by atoms with Gasteiger partial charge in [-0.2, -0.15) is 0 Å². The van der Waals surface area contributed by atoms with Gasteiger partial charge in [0, 0.05) is 13.1 Å². The molecule has 1 fully saturated rings. The van der Waals surface area contributed by atoms with Gasteiger partial charge in [-0.25, -0.2) is 4.98 Å². The van der Waals surface area contributed by atoms with Crippen LogP contribution in [-0.2, 0) is 22.0 Å². The Morgan fingerprint density at radius 2 is 2.11 bits per heavy atom. The van der Waals surface area contributed by atoms with Gasteiger partial charge in [-0.1, -0.05) is 0 Å². The Hall–Kier alpha value is -2.04. The van der Waals surface area contributed by atoms with E-state index in [-0.39, 0.29) is 5.97 Å². The number of esters is 1. The molecule has 0 spiro atoms. The van der Waals surface area contributed by atoms with Crippen molar-refractivity contribution in [1.29, 1.82) is 0 Å². The highest BCUT2D eigenvalue weighted by atomic mass is 16.5. The van der Waals surface area contributed by atoms with Crippen LogP contribution in [0.3, 0.4) is 0 Å². The third-order valence-corrected chi connectivity index (χ3v) is 3.84. The van der Waals surface area contributed by atoms with Crippen molar-refractivity contribution in [2.45, 2.75) is 18.3 Å². The minimum atomic E-state index is -0.546. The summed E-state index contributed by atoms with van der Waals surface area (Å²) in [7, 11) is 4.98. The van der Waals surface area contributed by atoms with E-state index in [4.69, 9.17) is 9.47 Å². The maximum atomic E-state index is 11.9. The number of hydrogen-bond acceptors (Lipinski definition) is 4. The van der Waals surface area contributed by atoms with E-state index >= 15 is 0 Å². The topological polar surface area (TPSA) is 53.4 Å². The summed E-state index contributed by atoms with van der Waals surface area (Å²) in [6.07, 6.45) is 1.60. The van der Waals surface area contributed by atoms with Crippen molar-refractivity contribution in [2.24, 2.45) is 7.05 Å². The Balaban J connectivity index is 2.15. The molecule has 0 aliphatic heterocycles. The van der Waals surface area contributed by atoms with Gasteiger partial charge in [0.25, 0.3) is 0 Å². The summed E-state index contributed by atoms with van der Waals surface area (Å²) < 4.78 is 12.1. The quantitative estimate of drug-likeness (QED) is 0.789. The van der Waals surface area contributed by atoms with Crippen molar-refractivity contribution in [1.82, 2.24) is 9.55 Å². The van der Waals surface area contributed by atoms with Crippen molar-refractivity contribution in [2.75, 3.05) is 14.2 Å². The lowest BCUT2D eigenvalue weighted by Crippen LogP contribution is -2.25. The number of methoxy groups -OCH3 is 2. The van der Waals surface area contributed by atoms with Gasteiger partial charge < -0.3 is 14.0 Å². The Kier molecular flexibility index (Phi) is 2.52. The van der Waals surface area contributed by atoms with E-state index in [0.29, 0.717) is 0 Å². The van der Waals surface area contributed by atoms with E-state index in [1.54, 1.807) is 7.11 Å². The molecule has 1 saturated carbocycles. The summed E-state index contributed by atoms with van der Waals surface area (Å²) in [5.74, 6) is 1.35.